The molecule has 0 saturated carbocycles. The molecule has 0 aromatic rings. The van der Waals surface area contributed by atoms with Gasteiger partial charge in [0.2, 0.25) is 0 Å². The van der Waals surface area contributed by atoms with Gasteiger partial charge in [0, 0.05) is 0 Å². The van der Waals surface area contributed by atoms with Crippen LogP contribution < -0.4 is 0 Å². The second kappa shape index (κ2) is 8.42. The number of rotatable bonds is 10. The summed E-state index contributed by atoms with van der Waals surface area (Å²) in [5, 5.41) is -5.01. The molecule has 0 amide bonds. The third kappa shape index (κ3) is 6.81. The molecule has 0 atom stereocenters. The summed E-state index contributed by atoms with van der Waals surface area (Å²) in [4.78, 5) is 10.7. The third-order valence-electron chi connectivity index (χ3n) is 2.53. The van der Waals surface area contributed by atoms with Crippen molar-refractivity contribution in [3.8, 4) is 0 Å². The van der Waals surface area contributed by atoms with Crippen LogP contribution in [0.3, 0.4) is 0 Å². The van der Waals surface area contributed by atoms with Gasteiger partial charge in [0.1, 0.15) is 0 Å². The largest absolute Gasteiger partial charge is 0.743 e. The molecule has 0 aliphatic heterocycles. The highest BCUT2D eigenvalue weighted by molar-refractivity contribution is 7.87. The Bertz CT molecular complexity index is 367. The van der Waals surface area contributed by atoms with Gasteiger partial charge >= 0.3 is 11.2 Å². The zero-order valence-electron chi connectivity index (χ0n) is 10.9. The van der Waals surface area contributed by atoms with Crippen LogP contribution in [-0.4, -0.2) is 30.8 Å². The first-order chi connectivity index (χ1) is 8.73. The summed E-state index contributed by atoms with van der Waals surface area (Å²) >= 11 is 0. The number of hydrogen-bond acceptors (Lipinski definition) is 5. The van der Waals surface area contributed by atoms with Crippen LogP contribution in [0.1, 0.15) is 51.9 Å². The van der Waals surface area contributed by atoms with Gasteiger partial charge < -0.3 is 9.29 Å². The minimum absolute atomic E-state index is 0.308. The van der Waals surface area contributed by atoms with Crippen molar-refractivity contribution in [1.82, 2.24) is 0 Å². The van der Waals surface area contributed by atoms with E-state index in [9.17, 15) is 26.5 Å². The van der Waals surface area contributed by atoms with Crippen LogP contribution in [0.4, 0.5) is 8.78 Å². The van der Waals surface area contributed by atoms with Gasteiger partial charge in [-0.1, -0.05) is 45.4 Å². The fraction of sp³-hybridized carbons (Fsp3) is 0.909. The van der Waals surface area contributed by atoms with Crippen molar-refractivity contribution in [3.63, 3.8) is 0 Å². The van der Waals surface area contributed by atoms with Gasteiger partial charge in [-0.3, -0.25) is 0 Å². The molecule has 0 bridgehead atoms. The van der Waals surface area contributed by atoms with Crippen molar-refractivity contribution in [2.45, 2.75) is 57.1 Å². The molecule has 5 nitrogen and oxygen atoms in total. The lowest BCUT2D eigenvalue weighted by molar-refractivity contribution is -0.161. The van der Waals surface area contributed by atoms with Crippen molar-refractivity contribution in [3.05, 3.63) is 0 Å². The lowest BCUT2D eigenvalue weighted by Crippen LogP contribution is -2.39. The monoisotopic (exact) mass is 301 g/mol. The number of carbonyl (C=O) groups excluding carboxylic acids is 1. The van der Waals surface area contributed by atoms with Gasteiger partial charge in [-0.15, -0.1) is 0 Å². The van der Waals surface area contributed by atoms with E-state index in [0.29, 0.717) is 12.8 Å². The molecule has 0 aliphatic rings. The molecule has 0 saturated heterocycles. The molecule has 8 heteroatoms. The number of unbranched alkanes of at least 4 members (excludes halogenated alkanes) is 6. The topological polar surface area (TPSA) is 83.5 Å². The lowest BCUT2D eigenvalue weighted by Gasteiger charge is -2.17. The molecular weight excluding hydrogens is 282 g/mol. The van der Waals surface area contributed by atoms with Gasteiger partial charge in [-0.2, -0.15) is 8.78 Å². The summed E-state index contributed by atoms with van der Waals surface area (Å²) in [6.45, 7) is 1.78. The molecule has 0 heterocycles. The van der Waals surface area contributed by atoms with Crippen LogP contribution in [0.2, 0.25) is 0 Å². The number of alkyl halides is 2. The number of ether oxygens (including phenoxy) is 1. The van der Waals surface area contributed by atoms with Crippen molar-refractivity contribution in [2.24, 2.45) is 0 Å². The van der Waals surface area contributed by atoms with Crippen LogP contribution in [0.15, 0.2) is 0 Å². The second-order valence-corrected chi connectivity index (χ2v) is 5.65. The SMILES string of the molecule is CCCCCCCCCOC(=O)C(F)(F)S(=O)(=O)[O-]. The van der Waals surface area contributed by atoms with E-state index in [0.717, 1.165) is 32.1 Å². The van der Waals surface area contributed by atoms with E-state index < -0.39 is 21.3 Å². The summed E-state index contributed by atoms with van der Waals surface area (Å²) < 4.78 is 59.8. The van der Waals surface area contributed by atoms with E-state index in [2.05, 4.69) is 11.7 Å². The first-order valence-corrected chi connectivity index (χ1v) is 7.64. The third-order valence-corrected chi connectivity index (χ3v) is 3.33. The number of carbonyl (C=O) groups is 1. The van der Waals surface area contributed by atoms with Gasteiger partial charge in [0.15, 0.2) is 10.1 Å². The molecule has 19 heavy (non-hydrogen) atoms. The highest BCUT2D eigenvalue weighted by Crippen LogP contribution is 2.22. The van der Waals surface area contributed by atoms with Crippen molar-refractivity contribution < 1.29 is 31.3 Å². The Morgan fingerprint density at radius 1 is 1.11 bits per heavy atom. The van der Waals surface area contributed by atoms with Crippen molar-refractivity contribution in [1.29, 1.82) is 0 Å². The van der Waals surface area contributed by atoms with Crippen LogP contribution >= 0.6 is 0 Å². The van der Waals surface area contributed by atoms with Crippen LogP contribution in [0.5, 0.6) is 0 Å². The summed E-state index contributed by atoms with van der Waals surface area (Å²) in [5.74, 6) is -2.30. The molecule has 0 N–H and O–H groups in total. The molecule has 0 fully saturated rings. The highest BCUT2D eigenvalue weighted by Gasteiger charge is 2.48. The Balaban J connectivity index is 3.76. The number of esters is 1. The zero-order valence-corrected chi connectivity index (χ0v) is 11.7. The van der Waals surface area contributed by atoms with Gasteiger partial charge in [0.05, 0.1) is 6.61 Å². The molecular formula is C11H19F2O5S-. The Morgan fingerprint density at radius 2 is 1.58 bits per heavy atom. The van der Waals surface area contributed by atoms with E-state index in [1.165, 1.54) is 0 Å². The Hall–Kier alpha value is -0.760. The first-order valence-electron chi connectivity index (χ1n) is 6.24. The second-order valence-electron chi connectivity index (χ2n) is 4.23. The fourth-order valence-corrected chi connectivity index (χ4v) is 1.67. The summed E-state index contributed by atoms with van der Waals surface area (Å²) in [6.07, 6.45) is 6.35. The molecule has 0 aliphatic carbocycles. The van der Waals surface area contributed by atoms with E-state index in [4.69, 9.17) is 0 Å². The maximum Gasteiger partial charge on any atom is 0.428 e. The molecule has 0 aromatic carbocycles. The number of hydrogen-bond donors (Lipinski definition) is 0. The quantitative estimate of drug-likeness (QED) is 0.351. The maximum atomic E-state index is 12.7. The van der Waals surface area contributed by atoms with Gasteiger partial charge in [-0.05, 0) is 6.42 Å². The molecule has 114 valence electrons. The Labute approximate surface area is 112 Å². The summed E-state index contributed by atoms with van der Waals surface area (Å²) in [7, 11) is -6.02. The standard InChI is InChI=1S/C11H20F2O5S/c1-2-3-4-5-6-7-8-9-18-10(14)11(12,13)19(15,16)17/h2-9H2,1H3,(H,15,16,17)/p-1. The van der Waals surface area contributed by atoms with Crippen LogP contribution in [0.25, 0.3) is 0 Å². The maximum absolute atomic E-state index is 12.7. The Morgan fingerprint density at radius 3 is 2.05 bits per heavy atom. The fourth-order valence-electron chi connectivity index (χ4n) is 1.41. The molecule has 0 radical (unpaired) electrons. The minimum atomic E-state index is -6.02. The van der Waals surface area contributed by atoms with Gasteiger partial charge in [0.25, 0.3) is 0 Å². The van der Waals surface area contributed by atoms with Crippen molar-refractivity contribution >= 4 is 16.1 Å². The van der Waals surface area contributed by atoms with E-state index >= 15 is 0 Å². The molecule has 0 unspecified atom stereocenters. The smallest absolute Gasteiger partial charge is 0.428 e. The zero-order chi connectivity index (χ0) is 14.9. The molecule has 0 spiro atoms. The predicted molar refractivity (Wildman–Crippen MR) is 63.6 cm³/mol. The lowest BCUT2D eigenvalue weighted by atomic mass is 10.1. The van der Waals surface area contributed by atoms with Crippen LogP contribution in [-0.2, 0) is 19.6 Å². The molecule has 0 aromatic heterocycles. The van der Waals surface area contributed by atoms with E-state index in [-0.39, 0.29) is 6.61 Å². The van der Waals surface area contributed by atoms with Crippen LogP contribution in [0, 0.1) is 0 Å². The normalized spacial score (nSPS) is 12.4. The van der Waals surface area contributed by atoms with Gasteiger partial charge in [-0.25, -0.2) is 13.2 Å². The predicted octanol–water partition coefficient (Wildman–Crippen LogP) is 2.42. The van der Waals surface area contributed by atoms with E-state index in [1.807, 2.05) is 0 Å². The average Bonchev–Trinajstić information content (AvgIpc) is 2.30. The van der Waals surface area contributed by atoms with Crippen molar-refractivity contribution in [2.75, 3.05) is 6.61 Å². The first kappa shape index (κ1) is 18.2. The Kier molecular flexibility index (Phi) is 8.08. The number of halogens is 2. The molecule has 0 rings (SSSR count). The summed E-state index contributed by atoms with van der Waals surface area (Å²) in [6, 6.07) is 0. The minimum Gasteiger partial charge on any atom is -0.743 e. The highest BCUT2D eigenvalue weighted by atomic mass is 32.2. The average molecular weight is 301 g/mol. The van der Waals surface area contributed by atoms with E-state index in [1.54, 1.807) is 0 Å². The summed E-state index contributed by atoms with van der Waals surface area (Å²) in [5.41, 5.74) is 0.